The van der Waals surface area contributed by atoms with Crippen LogP contribution in [0.3, 0.4) is 0 Å². The monoisotopic (exact) mass is 418 g/mol. The lowest BCUT2D eigenvalue weighted by molar-refractivity contribution is -0.152. The SMILES string of the molecule is CC(C)c1ccc(S(=O)(=O)NCCC(=O)O[C@H](C)C(=O)Nc2ccccc2)cc1. The third-order valence-corrected chi connectivity index (χ3v) is 5.67. The number of carbonyl (C=O) groups is 2. The molecule has 2 rings (SSSR count). The smallest absolute Gasteiger partial charge is 0.307 e. The molecule has 0 spiro atoms. The molecule has 0 radical (unpaired) electrons. The maximum Gasteiger partial charge on any atom is 0.307 e. The van der Waals surface area contributed by atoms with E-state index in [-0.39, 0.29) is 17.9 Å². The molecule has 8 heteroatoms. The highest BCUT2D eigenvalue weighted by atomic mass is 32.2. The third kappa shape index (κ3) is 6.99. The van der Waals surface area contributed by atoms with Gasteiger partial charge in [-0.05, 0) is 42.7 Å². The van der Waals surface area contributed by atoms with Crippen molar-refractivity contribution in [2.75, 3.05) is 11.9 Å². The predicted octanol–water partition coefficient (Wildman–Crippen LogP) is 3.05. The Morgan fingerprint density at radius 3 is 2.17 bits per heavy atom. The van der Waals surface area contributed by atoms with Crippen molar-refractivity contribution in [1.82, 2.24) is 4.72 Å². The molecular weight excluding hydrogens is 392 g/mol. The lowest BCUT2D eigenvalue weighted by Gasteiger charge is -2.14. The summed E-state index contributed by atoms with van der Waals surface area (Å²) < 4.78 is 32.0. The van der Waals surface area contributed by atoms with E-state index in [1.807, 2.05) is 19.9 Å². The van der Waals surface area contributed by atoms with Gasteiger partial charge in [0.1, 0.15) is 0 Å². The molecule has 0 aliphatic carbocycles. The van der Waals surface area contributed by atoms with Crippen LogP contribution in [0, 0.1) is 0 Å². The van der Waals surface area contributed by atoms with Gasteiger partial charge in [0.2, 0.25) is 10.0 Å². The molecule has 0 unspecified atom stereocenters. The van der Waals surface area contributed by atoms with Crippen LogP contribution in [0.15, 0.2) is 59.5 Å². The number of ether oxygens (including phenoxy) is 1. The van der Waals surface area contributed by atoms with Gasteiger partial charge in [0.05, 0.1) is 11.3 Å². The molecule has 2 N–H and O–H groups in total. The van der Waals surface area contributed by atoms with Crippen molar-refractivity contribution in [3.63, 3.8) is 0 Å². The Hall–Kier alpha value is -2.71. The molecule has 0 bridgehead atoms. The Morgan fingerprint density at radius 1 is 0.966 bits per heavy atom. The second-order valence-corrected chi connectivity index (χ2v) is 8.63. The Bertz CT molecular complexity index is 925. The number of rotatable bonds is 9. The molecule has 0 aromatic heterocycles. The number of amides is 1. The Morgan fingerprint density at radius 2 is 1.59 bits per heavy atom. The molecule has 7 nitrogen and oxygen atoms in total. The van der Waals surface area contributed by atoms with Gasteiger partial charge in [-0.2, -0.15) is 0 Å². The van der Waals surface area contributed by atoms with Crippen molar-refractivity contribution in [1.29, 1.82) is 0 Å². The molecule has 0 heterocycles. The van der Waals surface area contributed by atoms with E-state index in [4.69, 9.17) is 4.74 Å². The maximum atomic E-state index is 12.3. The number of carbonyl (C=O) groups excluding carboxylic acids is 2. The van der Waals surface area contributed by atoms with E-state index in [1.165, 1.54) is 19.1 Å². The average Bonchev–Trinajstić information content (AvgIpc) is 2.68. The van der Waals surface area contributed by atoms with Gasteiger partial charge in [0.15, 0.2) is 6.10 Å². The quantitative estimate of drug-likeness (QED) is 0.610. The zero-order valence-electron chi connectivity index (χ0n) is 16.7. The fraction of sp³-hybridized carbons (Fsp3) is 0.333. The zero-order valence-corrected chi connectivity index (χ0v) is 17.5. The fourth-order valence-corrected chi connectivity index (χ4v) is 3.51. The van der Waals surface area contributed by atoms with Crippen molar-refractivity contribution in [3.8, 4) is 0 Å². The summed E-state index contributed by atoms with van der Waals surface area (Å²) in [4.78, 5) is 24.1. The highest BCUT2D eigenvalue weighted by Gasteiger charge is 2.19. The summed E-state index contributed by atoms with van der Waals surface area (Å²) in [6.07, 6.45) is -1.19. The molecule has 2 aromatic carbocycles. The van der Waals surface area contributed by atoms with Crippen LogP contribution in [-0.4, -0.2) is 32.9 Å². The van der Waals surface area contributed by atoms with Gasteiger partial charge in [-0.15, -0.1) is 0 Å². The van der Waals surface area contributed by atoms with Gasteiger partial charge >= 0.3 is 5.97 Å². The van der Waals surface area contributed by atoms with Crippen molar-refractivity contribution in [3.05, 3.63) is 60.2 Å². The highest BCUT2D eigenvalue weighted by molar-refractivity contribution is 7.89. The Labute approximate surface area is 171 Å². The summed E-state index contributed by atoms with van der Waals surface area (Å²) in [5.41, 5.74) is 1.63. The van der Waals surface area contributed by atoms with Crippen LogP contribution in [0.2, 0.25) is 0 Å². The summed E-state index contributed by atoms with van der Waals surface area (Å²) in [6.45, 7) is 5.37. The van der Waals surface area contributed by atoms with Crippen molar-refractivity contribution in [2.24, 2.45) is 0 Å². The van der Waals surface area contributed by atoms with Crippen molar-refractivity contribution >= 4 is 27.6 Å². The van der Waals surface area contributed by atoms with E-state index < -0.39 is 28.0 Å². The first kappa shape index (κ1) is 22.6. The molecule has 0 aliphatic heterocycles. The summed E-state index contributed by atoms with van der Waals surface area (Å²) in [5, 5.41) is 2.63. The van der Waals surface area contributed by atoms with Crippen molar-refractivity contribution < 1.29 is 22.7 Å². The van der Waals surface area contributed by atoms with Gasteiger partial charge < -0.3 is 10.1 Å². The molecule has 0 saturated carbocycles. The van der Waals surface area contributed by atoms with Gasteiger partial charge in [0.25, 0.3) is 5.91 Å². The topological polar surface area (TPSA) is 102 Å². The highest BCUT2D eigenvalue weighted by Crippen LogP contribution is 2.17. The average molecular weight is 419 g/mol. The largest absolute Gasteiger partial charge is 0.452 e. The number of hydrogen-bond acceptors (Lipinski definition) is 5. The third-order valence-electron chi connectivity index (χ3n) is 4.20. The normalized spacial score (nSPS) is 12.4. The van der Waals surface area contributed by atoms with Crippen LogP contribution < -0.4 is 10.0 Å². The minimum absolute atomic E-state index is 0.125. The van der Waals surface area contributed by atoms with E-state index in [0.29, 0.717) is 11.6 Å². The first-order valence-electron chi connectivity index (χ1n) is 9.34. The minimum atomic E-state index is -3.72. The number of anilines is 1. The first-order chi connectivity index (χ1) is 13.7. The standard InChI is InChI=1S/C21H26N2O5S/c1-15(2)17-9-11-19(12-10-17)29(26,27)22-14-13-20(24)28-16(3)21(25)23-18-7-5-4-6-8-18/h4-12,15-16,22H,13-14H2,1-3H3,(H,23,25)/t16-/m1/s1. The summed E-state index contributed by atoms with van der Waals surface area (Å²) >= 11 is 0. The summed E-state index contributed by atoms with van der Waals surface area (Å²) in [7, 11) is -3.72. The molecule has 1 atom stereocenters. The van der Waals surface area contributed by atoms with Crippen LogP contribution >= 0.6 is 0 Å². The fourth-order valence-electron chi connectivity index (χ4n) is 2.48. The number of nitrogens with one attached hydrogen (secondary N) is 2. The van der Waals surface area contributed by atoms with Crippen LogP contribution in [0.25, 0.3) is 0 Å². The van der Waals surface area contributed by atoms with E-state index >= 15 is 0 Å². The zero-order chi connectivity index (χ0) is 21.4. The molecule has 0 aliphatic rings. The Kier molecular flexibility index (Phi) is 7.92. The molecule has 0 fully saturated rings. The van der Waals surface area contributed by atoms with E-state index in [9.17, 15) is 18.0 Å². The summed E-state index contributed by atoms with van der Waals surface area (Å²) in [6, 6.07) is 15.4. The number of sulfonamides is 1. The molecule has 29 heavy (non-hydrogen) atoms. The number of esters is 1. The number of para-hydroxylation sites is 1. The van der Waals surface area contributed by atoms with Gasteiger partial charge in [0, 0.05) is 12.2 Å². The van der Waals surface area contributed by atoms with Gasteiger partial charge in [-0.1, -0.05) is 44.2 Å². The molecular formula is C21H26N2O5S. The van der Waals surface area contributed by atoms with E-state index in [0.717, 1.165) is 5.56 Å². The predicted molar refractivity (Wildman–Crippen MR) is 111 cm³/mol. The van der Waals surface area contributed by atoms with Gasteiger partial charge in [-0.3, -0.25) is 9.59 Å². The molecule has 156 valence electrons. The second-order valence-electron chi connectivity index (χ2n) is 6.86. The first-order valence-corrected chi connectivity index (χ1v) is 10.8. The molecule has 1 amide bonds. The number of benzene rings is 2. The summed E-state index contributed by atoms with van der Waals surface area (Å²) in [5.74, 6) is -0.829. The lowest BCUT2D eigenvalue weighted by atomic mass is 10.0. The van der Waals surface area contributed by atoms with Crippen molar-refractivity contribution in [2.45, 2.75) is 44.1 Å². The Balaban J connectivity index is 1.80. The van der Waals surface area contributed by atoms with Gasteiger partial charge in [-0.25, -0.2) is 13.1 Å². The molecule has 0 saturated heterocycles. The van der Waals surface area contributed by atoms with Crippen LogP contribution in [0.4, 0.5) is 5.69 Å². The van der Waals surface area contributed by atoms with E-state index in [2.05, 4.69) is 10.0 Å². The second kappa shape index (κ2) is 10.2. The van der Waals surface area contributed by atoms with Crippen LogP contribution in [0.5, 0.6) is 0 Å². The minimum Gasteiger partial charge on any atom is -0.452 e. The molecule has 2 aromatic rings. The van der Waals surface area contributed by atoms with E-state index in [1.54, 1.807) is 36.4 Å². The lowest BCUT2D eigenvalue weighted by Crippen LogP contribution is -2.32. The van der Waals surface area contributed by atoms with Crippen LogP contribution in [0.1, 0.15) is 38.7 Å². The number of hydrogen-bond donors (Lipinski definition) is 2. The maximum absolute atomic E-state index is 12.3. The van der Waals surface area contributed by atoms with Crippen LogP contribution in [-0.2, 0) is 24.3 Å².